The summed E-state index contributed by atoms with van der Waals surface area (Å²) in [5.74, 6) is 0.0219. The predicted molar refractivity (Wildman–Crippen MR) is 83.7 cm³/mol. The van der Waals surface area contributed by atoms with Crippen LogP contribution < -0.4 is 10.2 Å². The molecule has 0 aromatic heterocycles. The van der Waals surface area contributed by atoms with E-state index in [9.17, 15) is 9.18 Å². The number of carbonyl (C=O) groups excluding carboxylic acids is 1. The van der Waals surface area contributed by atoms with Crippen LogP contribution in [-0.4, -0.2) is 18.7 Å². The topological polar surface area (TPSA) is 50.7 Å². The number of nitrogens with zero attached hydrogens (tertiary/aromatic N) is 1. The lowest BCUT2D eigenvalue weighted by Gasteiger charge is -2.08. The third-order valence-corrected chi connectivity index (χ3v) is 3.09. The molecule has 2 rings (SSSR count). The first-order valence-corrected chi connectivity index (χ1v) is 6.81. The summed E-state index contributed by atoms with van der Waals surface area (Å²) in [6, 6.07) is 12.9. The Kier molecular flexibility index (Phi) is 5.25. The van der Waals surface area contributed by atoms with Crippen LogP contribution in [0.1, 0.15) is 22.8 Å². The van der Waals surface area contributed by atoms with Crippen LogP contribution in [-0.2, 0) is 6.42 Å². The van der Waals surface area contributed by atoms with Gasteiger partial charge in [0.15, 0.2) is 0 Å². The highest BCUT2D eigenvalue weighted by atomic mass is 19.1. The van der Waals surface area contributed by atoms with Gasteiger partial charge in [-0.05, 0) is 42.8 Å². The number of halogens is 1. The first kappa shape index (κ1) is 15.7. The third-order valence-electron chi connectivity index (χ3n) is 3.09. The number of amides is 1. The van der Waals surface area contributed by atoms with Crippen molar-refractivity contribution in [3.8, 4) is 5.75 Å². The van der Waals surface area contributed by atoms with Crippen molar-refractivity contribution in [1.82, 2.24) is 5.43 Å². The van der Waals surface area contributed by atoms with E-state index >= 15 is 0 Å². The van der Waals surface area contributed by atoms with Crippen LogP contribution in [0.25, 0.3) is 0 Å². The van der Waals surface area contributed by atoms with E-state index in [-0.39, 0.29) is 11.7 Å². The van der Waals surface area contributed by atoms with Crippen LogP contribution in [0.5, 0.6) is 5.75 Å². The molecule has 0 spiro atoms. The van der Waals surface area contributed by atoms with E-state index in [0.29, 0.717) is 12.0 Å². The number of para-hydroxylation sites is 1. The molecule has 0 unspecified atom stereocenters. The van der Waals surface area contributed by atoms with E-state index in [0.717, 1.165) is 17.0 Å². The van der Waals surface area contributed by atoms with Crippen LogP contribution in [0.3, 0.4) is 0 Å². The maximum Gasteiger partial charge on any atom is 0.271 e. The number of methoxy groups -OCH3 is 1. The number of hydrazone groups is 1. The van der Waals surface area contributed by atoms with Gasteiger partial charge in [-0.1, -0.05) is 18.2 Å². The lowest BCUT2D eigenvalue weighted by Crippen LogP contribution is -2.19. The van der Waals surface area contributed by atoms with Crippen molar-refractivity contribution >= 4 is 11.6 Å². The number of carbonyl (C=O) groups is 1. The van der Waals surface area contributed by atoms with Crippen LogP contribution in [0.4, 0.5) is 4.39 Å². The first-order chi connectivity index (χ1) is 10.6. The number of ether oxygens (including phenoxy) is 1. The molecule has 0 aliphatic heterocycles. The highest BCUT2D eigenvalue weighted by Crippen LogP contribution is 2.18. The van der Waals surface area contributed by atoms with Gasteiger partial charge in [0, 0.05) is 17.7 Å². The molecule has 0 heterocycles. The van der Waals surface area contributed by atoms with Gasteiger partial charge >= 0.3 is 0 Å². The normalized spacial score (nSPS) is 11.1. The Bertz CT molecular complexity index is 681. The molecular weight excluding hydrogens is 283 g/mol. The second kappa shape index (κ2) is 7.36. The van der Waals surface area contributed by atoms with Gasteiger partial charge in [-0.3, -0.25) is 4.79 Å². The van der Waals surface area contributed by atoms with Crippen molar-refractivity contribution in [3.63, 3.8) is 0 Å². The van der Waals surface area contributed by atoms with Crippen molar-refractivity contribution in [3.05, 3.63) is 65.5 Å². The molecule has 4 nitrogen and oxygen atoms in total. The predicted octanol–water partition coefficient (Wildman–Crippen LogP) is 3.18. The highest BCUT2D eigenvalue weighted by Gasteiger charge is 2.06. The van der Waals surface area contributed by atoms with E-state index in [2.05, 4.69) is 10.5 Å². The molecule has 1 N–H and O–H groups in total. The summed E-state index contributed by atoms with van der Waals surface area (Å²) in [5, 5.41) is 4.06. The van der Waals surface area contributed by atoms with Crippen molar-refractivity contribution in [2.24, 2.45) is 5.10 Å². The molecule has 0 saturated heterocycles. The Morgan fingerprint density at radius 1 is 1.18 bits per heavy atom. The minimum Gasteiger partial charge on any atom is -0.496 e. The van der Waals surface area contributed by atoms with Gasteiger partial charge in [0.1, 0.15) is 11.6 Å². The monoisotopic (exact) mass is 300 g/mol. The largest absolute Gasteiger partial charge is 0.496 e. The number of benzene rings is 2. The number of hydrogen-bond acceptors (Lipinski definition) is 3. The Labute approximate surface area is 128 Å². The summed E-state index contributed by atoms with van der Waals surface area (Å²) < 4.78 is 18.1. The minimum absolute atomic E-state index is 0.357. The van der Waals surface area contributed by atoms with Crippen LogP contribution in [0, 0.1) is 5.82 Å². The molecule has 2 aromatic rings. The zero-order valence-corrected chi connectivity index (χ0v) is 12.5. The fourth-order valence-corrected chi connectivity index (χ4v) is 1.98. The molecule has 0 saturated carbocycles. The average Bonchev–Trinajstić information content (AvgIpc) is 2.54. The van der Waals surface area contributed by atoms with E-state index in [4.69, 9.17) is 4.74 Å². The number of nitrogens with one attached hydrogen (secondary N) is 1. The van der Waals surface area contributed by atoms with Gasteiger partial charge < -0.3 is 4.74 Å². The Morgan fingerprint density at radius 2 is 1.86 bits per heavy atom. The molecule has 114 valence electrons. The average molecular weight is 300 g/mol. The number of hydrogen-bond donors (Lipinski definition) is 1. The zero-order chi connectivity index (χ0) is 15.9. The summed E-state index contributed by atoms with van der Waals surface area (Å²) in [5.41, 5.74) is 4.54. The van der Waals surface area contributed by atoms with Gasteiger partial charge in [-0.15, -0.1) is 0 Å². The van der Waals surface area contributed by atoms with Gasteiger partial charge in [0.2, 0.25) is 0 Å². The van der Waals surface area contributed by atoms with E-state index in [1.165, 1.54) is 24.3 Å². The SMILES string of the molecule is COc1ccccc1C/C(C)=N\NC(=O)c1ccc(F)cc1. The summed E-state index contributed by atoms with van der Waals surface area (Å²) in [6.07, 6.45) is 0.563. The van der Waals surface area contributed by atoms with Crippen LogP contribution >= 0.6 is 0 Å². The van der Waals surface area contributed by atoms with Gasteiger partial charge in [-0.2, -0.15) is 5.10 Å². The molecule has 0 bridgehead atoms. The summed E-state index contributed by atoms with van der Waals surface area (Å²) in [6.45, 7) is 1.82. The fraction of sp³-hybridized carbons (Fsp3) is 0.176. The van der Waals surface area contributed by atoms with E-state index < -0.39 is 0 Å². The maximum atomic E-state index is 12.8. The first-order valence-electron chi connectivity index (χ1n) is 6.81. The molecular formula is C17H17FN2O2. The smallest absolute Gasteiger partial charge is 0.271 e. The minimum atomic E-state index is -0.382. The Balaban J connectivity index is 2.00. The lowest BCUT2D eigenvalue weighted by atomic mass is 10.1. The van der Waals surface area contributed by atoms with Gasteiger partial charge in [0.25, 0.3) is 5.91 Å². The van der Waals surface area contributed by atoms with Gasteiger partial charge in [-0.25, -0.2) is 9.82 Å². The van der Waals surface area contributed by atoms with Crippen molar-refractivity contribution in [2.75, 3.05) is 7.11 Å². The fourth-order valence-electron chi connectivity index (χ4n) is 1.98. The second-order valence-electron chi connectivity index (χ2n) is 4.78. The maximum absolute atomic E-state index is 12.8. The standard InChI is InChI=1S/C17H17FN2O2/c1-12(11-14-5-3-4-6-16(14)22-2)19-20-17(21)13-7-9-15(18)10-8-13/h3-10H,11H2,1-2H3,(H,20,21)/b19-12-. The molecule has 0 atom stereocenters. The van der Waals surface area contributed by atoms with Crippen LogP contribution in [0.15, 0.2) is 53.6 Å². The van der Waals surface area contributed by atoms with E-state index in [1.54, 1.807) is 7.11 Å². The Hall–Kier alpha value is -2.69. The summed E-state index contributed by atoms with van der Waals surface area (Å²) in [7, 11) is 1.61. The van der Waals surface area contributed by atoms with E-state index in [1.807, 2.05) is 31.2 Å². The third kappa shape index (κ3) is 4.15. The molecule has 22 heavy (non-hydrogen) atoms. The Morgan fingerprint density at radius 3 is 2.55 bits per heavy atom. The van der Waals surface area contributed by atoms with Crippen molar-refractivity contribution in [2.45, 2.75) is 13.3 Å². The molecule has 0 aliphatic carbocycles. The van der Waals surface area contributed by atoms with Gasteiger partial charge in [0.05, 0.1) is 7.11 Å². The lowest BCUT2D eigenvalue weighted by molar-refractivity contribution is 0.0954. The van der Waals surface area contributed by atoms with Crippen LogP contribution in [0.2, 0.25) is 0 Å². The molecule has 0 radical (unpaired) electrons. The summed E-state index contributed by atoms with van der Waals surface area (Å²) in [4.78, 5) is 11.9. The van der Waals surface area contributed by atoms with Crippen molar-refractivity contribution < 1.29 is 13.9 Å². The molecule has 5 heteroatoms. The van der Waals surface area contributed by atoms with Crippen molar-refractivity contribution in [1.29, 1.82) is 0 Å². The molecule has 1 amide bonds. The molecule has 2 aromatic carbocycles. The molecule has 0 aliphatic rings. The highest BCUT2D eigenvalue weighted by molar-refractivity contribution is 5.95. The zero-order valence-electron chi connectivity index (χ0n) is 12.5. The number of rotatable bonds is 5. The second-order valence-corrected chi connectivity index (χ2v) is 4.78. The molecule has 0 fully saturated rings. The quantitative estimate of drug-likeness (QED) is 0.681. The summed E-state index contributed by atoms with van der Waals surface area (Å²) >= 11 is 0.